The zero-order valence-electron chi connectivity index (χ0n) is 17.3. The van der Waals surface area contributed by atoms with E-state index in [1.165, 1.54) is 16.9 Å². The van der Waals surface area contributed by atoms with E-state index in [0.717, 1.165) is 29.9 Å². The summed E-state index contributed by atoms with van der Waals surface area (Å²) in [5.74, 6) is 0.384. The van der Waals surface area contributed by atoms with Crippen molar-refractivity contribution in [3.63, 3.8) is 0 Å². The lowest BCUT2D eigenvalue weighted by molar-refractivity contribution is 0.0766. The van der Waals surface area contributed by atoms with E-state index in [-0.39, 0.29) is 11.7 Å². The van der Waals surface area contributed by atoms with Crippen LogP contribution in [0.1, 0.15) is 22.5 Å². The van der Waals surface area contributed by atoms with Crippen molar-refractivity contribution in [3.05, 3.63) is 71.8 Å². The first-order valence-electron chi connectivity index (χ1n) is 10.4. The Morgan fingerprint density at radius 2 is 1.84 bits per heavy atom. The van der Waals surface area contributed by atoms with Crippen molar-refractivity contribution < 1.29 is 9.18 Å². The van der Waals surface area contributed by atoms with Crippen LogP contribution in [0.15, 0.2) is 54.7 Å². The SMILES string of the molecule is Cc1c(C(=O)N2CCCN(c3nc4ccccc4[nH]3)CC2)cnn1-c1ccccc1F. The minimum Gasteiger partial charge on any atom is -0.341 e. The lowest BCUT2D eigenvalue weighted by Gasteiger charge is -2.21. The summed E-state index contributed by atoms with van der Waals surface area (Å²) < 4.78 is 15.7. The number of nitrogens with one attached hydrogen (secondary N) is 1. The van der Waals surface area contributed by atoms with Gasteiger partial charge in [0, 0.05) is 26.2 Å². The Morgan fingerprint density at radius 3 is 2.68 bits per heavy atom. The molecule has 1 aliphatic heterocycles. The van der Waals surface area contributed by atoms with E-state index < -0.39 is 0 Å². The zero-order chi connectivity index (χ0) is 21.4. The van der Waals surface area contributed by atoms with Gasteiger partial charge in [-0.05, 0) is 37.6 Å². The molecule has 8 heteroatoms. The van der Waals surface area contributed by atoms with Gasteiger partial charge >= 0.3 is 0 Å². The van der Waals surface area contributed by atoms with E-state index in [2.05, 4.69) is 20.0 Å². The van der Waals surface area contributed by atoms with E-state index in [1.807, 2.05) is 29.2 Å². The van der Waals surface area contributed by atoms with Crippen LogP contribution in [0.2, 0.25) is 0 Å². The van der Waals surface area contributed by atoms with Gasteiger partial charge in [0.2, 0.25) is 5.95 Å². The monoisotopic (exact) mass is 418 g/mol. The molecule has 1 fully saturated rings. The number of amides is 1. The molecule has 31 heavy (non-hydrogen) atoms. The van der Waals surface area contributed by atoms with Gasteiger partial charge in [-0.25, -0.2) is 14.1 Å². The van der Waals surface area contributed by atoms with E-state index in [0.29, 0.717) is 36.6 Å². The van der Waals surface area contributed by atoms with Crippen LogP contribution in [0.4, 0.5) is 10.3 Å². The van der Waals surface area contributed by atoms with Crippen molar-refractivity contribution in [1.29, 1.82) is 0 Å². The topological polar surface area (TPSA) is 70.1 Å². The van der Waals surface area contributed by atoms with Gasteiger partial charge in [0.1, 0.15) is 11.5 Å². The van der Waals surface area contributed by atoms with Crippen molar-refractivity contribution in [1.82, 2.24) is 24.6 Å². The molecule has 1 aliphatic rings. The third kappa shape index (κ3) is 3.54. The molecule has 0 saturated carbocycles. The first-order chi connectivity index (χ1) is 15.1. The number of halogens is 1. The Morgan fingerprint density at radius 1 is 1.03 bits per heavy atom. The fourth-order valence-corrected chi connectivity index (χ4v) is 4.08. The summed E-state index contributed by atoms with van der Waals surface area (Å²) in [6.07, 6.45) is 2.37. The molecule has 7 nitrogen and oxygen atoms in total. The third-order valence-corrected chi connectivity index (χ3v) is 5.78. The minimum absolute atomic E-state index is 0.0773. The molecule has 2 aromatic heterocycles. The maximum atomic E-state index is 14.2. The fourth-order valence-electron chi connectivity index (χ4n) is 4.08. The van der Waals surface area contributed by atoms with Crippen LogP contribution >= 0.6 is 0 Å². The highest BCUT2D eigenvalue weighted by atomic mass is 19.1. The van der Waals surface area contributed by atoms with Crippen molar-refractivity contribution in [2.45, 2.75) is 13.3 Å². The first-order valence-corrected chi connectivity index (χ1v) is 10.4. The van der Waals surface area contributed by atoms with Crippen molar-refractivity contribution in [3.8, 4) is 5.69 Å². The van der Waals surface area contributed by atoms with Gasteiger partial charge in [-0.1, -0.05) is 24.3 Å². The number of H-pyrrole nitrogens is 1. The average molecular weight is 418 g/mol. The van der Waals surface area contributed by atoms with Gasteiger partial charge in [0.15, 0.2) is 0 Å². The number of imidazole rings is 1. The van der Waals surface area contributed by atoms with Crippen LogP contribution in [0.5, 0.6) is 0 Å². The second kappa shape index (κ2) is 7.86. The molecule has 0 radical (unpaired) electrons. The Labute approximate surface area is 179 Å². The molecule has 0 spiro atoms. The number of hydrogen-bond donors (Lipinski definition) is 1. The lowest BCUT2D eigenvalue weighted by Crippen LogP contribution is -2.35. The number of nitrogens with zero attached hydrogens (tertiary/aromatic N) is 5. The molecule has 1 saturated heterocycles. The molecule has 4 aromatic rings. The van der Waals surface area contributed by atoms with Crippen molar-refractivity contribution in [2.24, 2.45) is 0 Å². The largest absolute Gasteiger partial charge is 0.341 e. The third-order valence-electron chi connectivity index (χ3n) is 5.78. The Bertz CT molecular complexity index is 1210. The van der Waals surface area contributed by atoms with E-state index in [9.17, 15) is 9.18 Å². The van der Waals surface area contributed by atoms with Crippen molar-refractivity contribution >= 4 is 22.9 Å². The highest BCUT2D eigenvalue weighted by Crippen LogP contribution is 2.21. The number of carbonyl (C=O) groups excluding carboxylic acids is 1. The van der Waals surface area contributed by atoms with Crippen LogP contribution in [-0.4, -0.2) is 56.7 Å². The normalized spacial score (nSPS) is 14.8. The number of aromatic amines is 1. The summed E-state index contributed by atoms with van der Waals surface area (Å²) in [6, 6.07) is 14.4. The number of anilines is 1. The Balaban J connectivity index is 1.33. The molecular formula is C23H23FN6O. The molecule has 0 atom stereocenters. The summed E-state index contributed by atoms with van der Waals surface area (Å²) in [5.41, 5.74) is 3.41. The number of para-hydroxylation sites is 3. The zero-order valence-corrected chi connectivity index (χ0v) is 17.3. The molecule has 158 valence electrons. The number of carbonyl (C=O) groups is 1. The molecule has 5 rings (SSSR count). The summed E-state index contributed by atoms with van der Waals surface area (Å²) in [7, 11) is 0. The quantitative estimate of drug-likeness (QED) is 0.552. The van der Waals surface area contributed by atoms with Crippen LogP contribution in [-0.2, 0) is 0 Å². The second-order valence-electron chi connectivity index (χ2n) is 7.72. The average Bonchev–Trinajstić information content (AvgIpc) is 3.29. The first kappa shape index (κ1) is 19.3. The Kier molecular flexibility index (Phi) is 4.89. The van der Waals surface area contributed by atoms with Crippen LogP contribution < -0.4 is 4.90 Å². The highest BCUT2D eigenvalue weighted by molar-refractivity contribution is 5.95. The van der Waals surface area contributed by atoms with Gasteiger partial charge in [0.25, 0.3) is 5.91 Å². The summed E-state index contributed by atoms with van der Waals surface area (Å²) in [4.78, 5) is 25.3. The minimum atomic E-state index is -0.371. The lowest BCUT2D eigenvalue weighted by atomic mass is 10.2. The molecule has 1 N–H and O–H groups in total. The molecule has 2 aromatic carbocycles. The Hall–Kier alpha value is -3.68. The van der Waals surface area contributed by atoms with Gasteiger partial charge in [-0.2, -0.15) is 5.10 Å². The number of benzene rings is 2. The molecule has 0 unspecified atom stereocenters. The van der Waals surface area contributed by atoms with Crippen LogP contribution in [0.3, 0.4) is 0 Å². The summed E-state index contributed by atoms with van der Waals surface area (Å²) in [6.45, 7) is 4.54. The molecule has 0 aliphatic carbocycles. The van der Waals surface area contributed by atoms with Gasteiger partial charge < -0.3 is 14.8 Å². The predicted molar refractivity (Wildman–Crippen MR) is 117 cm³/mol. The summed E-state index contributed by atoms with van der Waals surface area (Å²) in [5, 5.41) is 4.28. The number of hydrogen-bond acceptors (Lipinski definition) is 4. The predicted octanol–water partition coefficient (Wildman–Crippen LogP) is 3.55. The van der Waals surface area contributed by atoms with E-state index >= 15 is 0 Å². The van der Waals surface area contributed by atoms with Gasteiger partial charge in [0.05, 0.1) is 28.5 Å². The standard InChI is InChI=1S/C23H23FN6O/c1-16-17(15-25-30(16)21-10-5-2-7-18(21)24)22(31)28-11-6-12-29(14-13-28)23-26-19-8-3-4-9-20(19)27-23/h2-5,7-10,15H,6,11-14H2,1H3,(H,26,27). The highest BCUT2D eigenvalue weighted by Gasteiger charge is 2.25. The number of rotatable bonds is 3. The molecule has 0 bridgehead atoms. The van der Waals surface area contributed by atoms with E-state index in [1.54, 1.807) is 25.1 Å². The van der Waals surface area contributed by atoms with Gasteiger partial charge in [-0.3, -0.25) is 4.79 Å². The van der Waals surface area contributed by atoms with E-state index in [4.69, 9.17) is 0 Å². The van der Waals surface area contributed by atoms with Gasteiger partial charge in [-0.15, -0.1) is 0 Å². The maximum absolute atomic E-state index is 14.2. The number of aromatic nitrogens is 4. The molecule has 1 amide bonds. The fraction of sp³-hybridized carbons (Fsp3) is 0.261. The van der Waals surface area contributed by atoms with Crippen molar-refractivity contribution in [2.75, 3.05) is 31.1 Å². The number of fused-ring (bicyclic) bond motifs is 1. The molecule has 3 heterocycles. The van der Waals surface area contributed by atoms with Crippen LogP contribution in [0, 0.1) is 12.7 Å². The molecular weight excluding hydrogens is 395 g/mol. The summed E-state index contributed by atoms with van der Waals surface area (Å²) >= 11 is 0. The smallest absolute Gasteiger partial charge is 0.257 e. The second-order valence-corrected chi connectivity index (χ2v) is 7.72. The van der Waals surface area contributed by atoms with Crippen LogP contribution in [0.25, 0.3) is 16.7 Å². The maximum Gasteiger partial charge on any atom is 0.257 e.